The highest BCUT2D eigenvalue weighted by molar-refractivity contribution is 7.99. The third kappa shape index (κ3) is 4.20. The van der Waals surface area contributed by atoms with Gasteiger partial charge in [-0.2, -0.15) is 0 Å². The molecular weight excluding hydrogens is 206 g/mol. The minimum absolute atomic E-state index is 0.269. The smallest absolute Gasteiger partial charge is 0.218 e. The fourth-order valence-electron chi connectivity index (χ4n) is 0.826. The zero-order valence-corrected chi connectivity index (χ0v) is 8.57. The number of thioether (sulfide) groups is 1. The van der Waals surface area contributed by atoms with Gasteiger partial charge in [0.15, 0.2) is 0 Å². The van der Waals surface area contributed by atoms with Crippen molar-refractivity contribution in [1.29, 1.82) is 0 Å². The van der Waals surface area contributed by atoms with Crippen LogP contribution < -0.4 is 5.73 Å². The second-order valence-corrected chi connectivity index (χ2v) is 4.13. The van der Waals surface area contributed by atoms with Crippen molar-refractivity contribution in [2.24, 2.45) is 5.73 Å². The molecule has 2 N–H and O–H groups in total. The van der Waals surface area contributed by atoms with Crippen LogP contribution >= 0.6 is 23.4 Å². The maximum absolute atomic E-state index is 10.4. The van der Waals surface area contributed by atoms with Crippen LogP contribution in [0.25, 0.3) is 0 Å². The first-order chi connectivity index (χ1) is 6.18. The van der Waals surface area contributed by atoms with Gasteiger partial charge in [0.2, 0.25) is 5.91 Å². The third-order valence-corrected chi connectivity index (χ3v) is 2.64. The van der Waals surface area contributed by atoms with Crippen molar-refractivity contribution < 1.29 is 4.79 Å². The van der Waals surface area contributed by atoms with Gasteiger partial charge in [-0.05, 0) is 18.2 Å². The molecule has 0 aromatic heterocycles. The molecule has 0 radical (unpaired) electrons. The first-order valence-electron chi connectivity index (χ1n) is 3.85. The maximum Gasteiger partial charge on any atom is 0.218 e. The summed E-state index contributed by atoms with van der Waals surface area (Å²) in [5, 5.41) is 0.712. The molecule has 1 rings (SSSR count). The zero-order valence-electron chi connectivity index (χ0n) is 7.00. The van der Waals surface area contributed by atoms with E-state index >= 15 is 0 Å². The summed E-state index contributed by atoms with van der Waals surface area (Å²) in [6.45, 7) is 0. The van der Waals surface area contributed by atoms with E-state index in [1.54, 1.807) is 11.8 Å². The second kappa shape index (κ2) is 5.14. The average Bonchev–Trinajstić information content (AvgIpc) is 2.03. The first kappa shape index (κ1) is 10.4. The van der Waals surface area contributed by atoms with Gasteiger partial charge in [0, 0.05) is 22.1 Å². The molecule has 0 bridgehead atoms. The van der Waals surface area contributed by atoms with Crippen molar-refractivity contribution in [1.82, 2.24) is 0 Å². The van der Waals surface area contributed by atoms with E-state index < -0.39 is 0 Å². The Kier molecular flexibility index (Phi) is 4.12. The van der Waals surface area contributed by atoms with Crippen molar-refractivity contribution >= 4 is 29.3 Å². The molecule has 4 heteroatoms. The Hall–Kier alpha value is -0.670. The molecule has 1 aromatic rings. The van der Waals surface area contributed by atoms with Gasteiger partial charge in [-0.25, -0.2) is 0 Å². The van der Waals surface area contributed by atoms with Gasteiger partial charge in [0.1, 0.15) is 0 Å². The number of benzene rings is 1. The molecule has 0 saturated heterocycles. The Morgan fingerprint density at radius 2 is 2.31 bits per heavy atom. The number of carbonyl (C=O) groups excluding carboxylic acids is 1. The fraction of sp³-hybridized carbons (Fsp3) is 0.222. The van der Waals surface area contributed by atoms with E-state index in [2.05, 4.69) is 0 Å². The summed E-state index contributed by atoms with van der Waals surface area (Å²) in [6.07, 6.45) is 0.400. The number of carbonyl (C=O) groups is 1. The largest absolute Gasteiger partial charge is 0.370 e. The highest BCUT2D eigenvalue weighted by Crippen LogP contribution is 2.21. The van der Waals surface area contributed by atoms with E-state index in [9.17, 15) is 4.79 Å². The van der Waals surface area contributed by atoms with E-state index in [4.69, 9.17) is 17.3 Å². The fourth-order valence-corrected chi connectivity index (χ4v) is 2.01. The Morgan fingerprint density at radius 1 is 1.54 bits per heavy atom. The molecule has 0 aliphatic rings. The van der Waals surface area contributed by atoms with Crippen LogP contribution in [0.3, 0.4) is 0 Å². The molecule has 0 heterocycles. The predicted octanol–water partition coefficient (Wildman–Crippen LogP) is 2.31. The van der Waals surface area contributed by atoms with Crippen molar-refractivity contribution in [2.45, 2.75) is 11.3 Å². The van der Waals surface area contributed by atoms with Crippen LogP contribution in [0.2, 0.25) is 5.02 Å². The normalized spacial score (nSPS) is 9.92. The second-order valence-electron chi connectivity index (χ2n) is 2.52. The third-order valence-electron chi connectivity index (χ3n) is 1.41. The minimum atomic E-state index is -0.269. The van der Waals surface area contributed by atoms with Crippen LogP contribution in [0, 0.1) is 0 Å². The van der Waals surface area contributed by atoms with E-state index in [0.717, 1.165) is 4.90 Å². The van der Waals surface area contributed by atoms with Crippen LogP contribution in [0.5, 0.6) is 0 Å². The topological polar surface area (TPSA) is 43.1 Å². The summed E-state index contributed by atoms with van der Waals surface area (Å²) in [5.74, 6) is 0.435. The first-order valence-corrected chi connectivity index (χ1v) is 5.21. The van der Waals surface area contributed by atoms with Crippen LogP contribution in [-0.2, 0) is 4.79 Å². The molecule has 13 heavy (non-hydrogen) atoms. The quantitative estimate of drug-likeness (QED) is 0.784. The van der Waals surface area contributed by atoms with Crippen LogP contribution in [0.1, 0.15) is 6.42 Å². The molecular formula is C9H10ClNOS. The van der Waals surface area contributed by atoms with Gasteiger partial charge in [-0.3, -0.25) is 4.79 Å². The average molecular weight is 216 g/mol. The number of hydrogen-bond acceptors (Lipinski definition) is 2. The Labute approximate surface area is 86.5 Å². The summed E-state index contributed by atoms with van der Waals surface area (Å²) in [4.78, 5) is 11.5. The van der Waals surface area contributed by atoms with Crippen molar-refractivity contribution in [3.8, 4) is 0 Å². The summed E-state index contributed by atoms with van der Waals surface area (Å²) in [7, 11) is 0. The molecule has 70 valence electrons. The van der Waals surface area contributed by atoms with Crippen molar-refractivity contribution in [3.63, 3.8) is 0 Å². The zero-order chi connectivity index (χ0) is 9.68. The highest BCUT2D eigenvalue weighted by Gasteiger charge is 1.97. The summed E-state index contributed by atoms with van der Waals surface area (Å²) < 4.78 is 0. The molecule has 0 aliphatic heterocycles. The van der Waals surface area contributed by atoms with Crippen LogP contribution in [0.15, 0.2) is 29.2 Å². The number of primary amides is 1. The van der Waals surface area contributed by atoms with Gasteiger partial charge in [-0.15, -0.1) is 11.8 Å². The minimum Gasteiger partial charge on any atom is -0.370 e. The van der Waals surface area contributed by atoms with Crippen LogP contribution in [0.4, 0.5) is 0 Å². The highest BCUT2D eigenvalue weighted by atomic mass is 35.5. The Balaban J connectivity index is 2.41. The van der Waals surface area contributed by atoms with Crippen molar-refractivity contribution in [2.75, 3.05) is 5.75 Å². The molecule has 0 spiro atoms. The van der Waals surface area contributed by atoms with Gasteiger partial charge in [0.25, 0.3) is 0 Å². The van der Waals surface area contributed by atoms with E-state index in [1.165, 1.54) is 0 Å². The Bertz CT molecular complexity index is 303. The van der Waals surface area contributed by atoms with Gasteiger partial charge < -0.3 is 5.73 Å². The monoisotopic (exact) mass is 215 g/mol. The van der Waals surface area contributed by atoms with E-state index in [1.807, 2.05) is 24.3 Å². The van der Waals surface area contributed by atoms with Gasteiger partial charge in [0.05, 0.1) is 0 Å². The standard InChI is InChI=1S/C9H10ClNOS/c10-7-2-1-3-8(6-7)13-5-4-9(11)12/h1-3,6H,4-5H2,(H2,11,12). The SMILES string of the molecule is NC(=O)CCSc1cccc(Cl)c1. The lowest BCUT2D eigenvalue weighted by molar-refractivity contribution is -0.117. The number of rotatable bonds is 4. The lowest BCUT2D eigenvalue weighted by Gasteiger charge is -1.99. The number of amides is 1. The maximum atomic E-state index is 10.4. The molecule has 0 unspecified atom stereocenters. The Morgan fingerprint density at radius 3 is 2.92 bits per heavy atom. The number of halogens is 1. The summed E-state index contributed by atoms with van der Waals surface area (Å²) >= 11 is 7.36. The molecule has 0 aliphatic carbocycles. The number of hydrogen-bond donors (Lipinski definition) is 1. The van der Waals surface area contributed by atoms with Gasteiger partial charge >= 0.3 is 0 Å². The van der Waals surface area contributed by atoms with Gasteiger partial charge in [-0.1, -0.05) is 17.7 Å². The van der Waals surface area contributed by atoms with E-state index in [0.29, 0.717) is 17.2 Å². The lowest BCUT2D eigenvalue weighted by atomic mass is 10.4. The van der Waals surface area contributed by atoms with E-state index in [-0.39, 0.29) is 5.91 Å². The molecule has 1 amide bonds. The van der Waals surface area contributed by atoms with Crippen LogP contribution in [-0.4, -0.2) is 11.7 Å². The molecule has 0 atom stereocenters. The summed E-state index contributed by atoms with van der Waals surface area (Å²) in [6, 6.07) is 7.53. The molecule has 1 aromatic carbocycles. The predicted molar refractivity (Wildman–Crippen MR) is 56.0 cm³/mol. The molecule has 2 nitrogen and oxygen atoms in total. The van der Waals surface area contributed by atoms with Crippen molar-refractivity contribution in [3.05, 3.63) is 29.3 Å². The molecule has 0 saturated carbocycles. The number of nitrogens with two attached hydrogens (primary N) is 1. The molecule has 0 fully saturated rings. The lowest BCUT2D eigenvalue weighted by Crippen LogP contribution is -2.10. The summed E-state index contributed by atoms with van der Waals surface area (Å²) in [5.41, 5.74) is 5.01.